The van der Waals surface area contributed by atoms with Gasteiger partial charge in [-0.05, 0) is 12.0 Å². The first kappa shape index (κ1) is 9.16. The number of hydrogen-bond donors (Lipinski definition) is 0. The molecule has 0 fully saturated rings. The Labute approximate surface area is 70.2 Å². The van der Waals surface area contributed by atoms with Gasteiger partial charge in [0.1, 0.15) is 0 Å². The van der Waals surface area contributed by atoms with Gasteiger partial charge in [-0.3, -0.25) is 0 Å². The van der Waals surface area contributed by atoms with E-state index in [0.29, 0.717) is 0 Å². The van der Waals surface area contributed by atoms with Crippen LogP contribution in [0.4, 0.5) is 8.78 Å². The molecule has 0 atom stereocenters. The van der Waals surface area contributed by atoms with Gasteiger partial charge in [-0.1, -0.05) is 13.8 Å². The van der Waals surface area contributed by atoms with E-state index in [-0.39, 0.29) is 6.42 Å². The molecule has 68 valence electrons. The van der Waals surface area contributed by atoms with Crippen molar-refractivity contribution in [3.63, 3.8) is 0 Å². The molecule has 0 aliphatic rings. The first-order valence-electron chi connectivity index (χ1n) is 4.02. The van der Waals surface area contributed by atoms with Crippen LogP contribution in [0.5, 0.6) is 0 Å². The highest BCUT2D eigenvalue weighted by molar-refractivity contribution is 5.03. The maximum Gasteiger partial charge on any atom is 0.343 e. The minimum Gasteiger partial charge on any atom is -0.209 e. The Morgan fingerprint density at radius 1 is 1.50 bits per heavy atom. The molecule has 0 saturated carbocycles. The van der Waals surface area contributed by atoms with Crippen molar-refractivity contribution in [2.45, 2.75) is 32.7 Å². The number of rotatable bonds is 3. The molecule has 1 aromatic rings. The van der Waals surface area contributed by atoms with E-state index < -0.39 is 6.05 Å². The van der Waals surface area contributed by atoms with E-state index in [0.717, 1.165) is 16.7 Å². The molecule has 1 heterocycles. The molecule has 0 radical (unpaired) electrons. The highest BCUT2D eigenvalue weighted by Gasteiger charge is 2.29. The third-order valence-corrected chi connectivity index (χ3v) is 1.80. The van der Waals surface area contributed by atoms with Crippen LogP contribution in [-0.4, -0.2) is 9.78 Å². The molecule has 0 spiro atoms. The fraction of sp³-hybridized carbons (Fsp3) is 0.625. The van der Waals surface area contributed by atoms with E-state index in [2.05, 4.69) is 5.10 Å². The summed E-state index contributed by atoms with van der Waals surface area (Å²) < 4.78 is 26.6. The predicted octanol–water partition coefficient (Wildman–Crippen LogP) is 2.40. The molecule has 1 rings (SSSR count). The molecule has 0 N–H and O–H groups in total. The lowest BCUT2D eigenvalue weighted by molar-refractivity contribution is -0.0951. The lowest BCUT2D eigenvalue weighted by atomic mass is 10.3. The minimum atomic E-state index is -2.84. The Balaban J connectivity index is 2.88. The van der Waals surface area contributed by atoms with Crippen LogP contribution in [0, 0.1) is 0 Å². The van der Waals surface area contributed by atoms with Crippen LogP contribution in [0.25, 0.3) is 0 Å². The third-order valence-electron chi connectivity index (χ3n) is 1.80. The van der Waals surface area contributed by atoms with Gasteiger partial charge in [-0.25, -0.2) is 4.68 Å². The van der Waals surface area contributed by atoms with Crippen molar-refractivity contribution in [3.05, 3.63) is 18.0 Å². The van der Waals surface area contributed by atoms with Crippen molar-refractivity contribution < 1.29 is 8.78 Å². The van der Waals surface area contributed by atoms with Crippen molar-refractivity contribution in [2.75, 3.05) is 0 Å². The average molecular weight is 174 g/mol. The zero-order valence-electron chi connectivity index (χ0n) is 7.22. The van der Waals surface area contributed by atoms with Crippen LogP contribution in [0.2, 0.25) is 0 Å². The van der Waals surface area contributed by atoms with E-state index in [1.165, 1.54) is 19.3 Å². The summed E-state index contributed by atoms with van der Waals surface area (Å²) in [6.07, 6.45) is 3.38. The summed E-state index contributed by atoms with van der Waals surface area (Å²) in [5.74, 6) is 0. The van der Waals surface area contributed by atoms with Crippen molar-refractivity contribution >= 4 is 0 Å². The predicted molar refractivity (Wildman–Crippen MR) is 42.1 cm³/mol. The smallest absolute Gasteiger partial charge is 0.209 e. The maximum absolute atomic E-state index is 12.9. The van der Waals surface area contributed by atoms with Gasteiger partial charge in [0, 0.05) is 12.6 Å². The van der Waals surface area contributed by atoms with E-state index in [1.807, 2.05) is 6.92 Å². The van der Waals surface area contributed by atoms with Crippen LogP contribution in [0.1, 0.15) is 25.8 Å². The summed E-state index contributed by atoms with van der Waals surface area (Å²) in [4.78, 5) is 0. The molecular formula is C8H12F2N2. The van der Waals surface area contributed by atoms with Gasteiger partial charge < -0.3 is 0 Å². The molecule has 0 aromatic carbocycles. The number of nitrogens with zero attached hydrogens (tertiary/aromatic N) is 2. The fourth-order valence-corrected chi connectivity index (χ4v) is 0.884. The Bertz CT molecular complexity index is 255. The Morgan fingerprint density at radius 3 is 2.58 bits per heavy atom. The van der Waals surface area contributed by atoms with Crippen LogP contribution in [-0.2, 0) is 12.5 Å². The summed E-state index contributed by atoms with van der Waals surface area (Å²) in [5, 5.41) is 3.60. The largest absolute Gasteiger partial charge is 0.343 e. The van der Waals surface area contributed by atoms with E-state index in [4.69, 9.17) is 0 Å². The van der Waals surface area contributed by atoms with Gasteiger partial charge in [0.2, 0.25) is 0 Å². The van der Waals surface area contributed by atoms with E-state index in [1.54, 1.807) is 0 Å². The molecule has 12 heavy (non-hydrogen) atoms. The number of halogens is 2. The fourth-order valence-electron chi connectivity index (χ4n) is 0.884. The SMILES string of the molecule is CCc1cnn(C(F)(F)CC)c1. The number of aryl methyl sites for hydroxylation is 1. The van der Waals surface area contributed by atoms with Crippen molar-refractivity contribution in [2.24, 2.45) is 0 Å². The summed E-state index contributed by atoms with van der Waals surface area (Å²) in [6.45, 7) is 3.35. The van der Waals surface area contributed by atoms with Crippen LogP contribution in [0.3, 0.4) is 0 Å². The number of alkyl halides is 2. The maximum atomic E-state index is 12.9. The lowest BCUT2D eigenvalue weighted by Crippen LogP contribution is -2.22. The summed E-state index contributed by atoms with van der Waals surface area (Å²) in [5.41, 5.74) is 0.836. The zero-order valence-corrected chi connectivity index (χ0v) is 7.22. The van der Waals surface area contributed by atoms with Gasteiger partial charge in [-0.2, -0.15) is 13.9 Å². The van der Waals surface area contributed by atoms with Crippen molar-refractivity contribution in [1.82, 2.24) is 9.78 Å². The Kier molecular flexibility index (Phi) is 2.45. The quantitative estimate of drug-likeness (QED) is 0.688. The van der Waals surface area contributed by atoms with Crippen LogP contribution in [0.15, 0.2) is 12.4 Å². The standard InChI is InChI=1S/C8H12F2N2/c1-3-7-5-11-12(6-7)8(9,10)4-2/h5-6H,3-4H2,1-2H3. The molecule has 0 unspecified atom stereocenters. The highest BCUT2D eigenvalue weighted by atomic mass is 19.3. The molecule has 0 bridgehead atoms. The molecule has 0 amide bonds. The van der Waals surface area contributed by atoms with Crippen LogP contribution < -0.4 is 0 Å². The second-order valence-corrected chi connectivity index (χ2v) is 2.67. The summed E-state index contributed by atoms with van der Waals surface area (Å²) >= 11 is 0. The molecule has 0 aliphatic heterocycles. The Morgan fingerprint density at radius 2 is 2.17 bits per heavy atom. The molecule has 2 nitrogen and oxygen atoms in total. The highest BCUT2D eigenvalue weighted by Crippen LogP contribution is 2.23. The van der Waals surface area contributed by atoms with Gasteiger partial charge in [0.15, 0.2) is 0 Å². The van der Waals surface area contributed by atoms with Crippen molar-refractivity contribution in [3.8, 4) is 0 Å². The van der Waals surface area contributed by atoms with Crippen LogP contribution >= 0.6 is 0 Å². The normalized spacial score (nSPS) is 12.0. The molecule has 4 heteroatoms. The second kappa shape index (κ2) is 3.21. The molecule has 0 aliphatic carbocycles. The average Bonchev–Trinajstić information content (AvgIpc) is 2.52. The first-order chi connectivity index (χ1) is 5.60. The molecule has 0 saturated heterocycles. The van der Waals surface area contributed by atoms with Gasteiger partial charge in [0.25, 0.3) is 0 Å². The number of hydrogen-bond acceptors (Lipinski definition) is 1. The molecule has 1 aromatic heterocycles. The van der Waals surface area contributed by atoms with E-state index >= 15 is 0 Å². The van der Waals surface area contributed by atoms with Gasteiger partial charge >= 0.3 is 6.05 Å². The number of aromatic nitrogens is 2. The zero-order chi connectivity index (χ0) is 9.19. The topological polar surface area (TPSA) is 17.8 Å². The monoisotopic (exact) mass is 174 g/mol. The van der Waals surface area contributed by atoms with Gasteiger partial charge in [0.05, 0.1) is 6.20 Å². The first-order valence-corrected chi connectivity index (χ1v) is 4.02. The molecular weight excluding hydrogens is 162 g/mol. The second-order valence-electron chi connectivity index (χ2n) is 2.67. The minimum absolute atomic E-state index is 0.224. The summed E-state index contributed by atoms with van der Waals surface area (Å²) in [6, 6.07) is -2.84. The summed E-state index contributed by atoms with van der Waals surface area (Å²) in [7, 11) is 0. The van der Waals surface area contributed by atoms with Gasteiger partial charge in [-0.15, -0.1) is 0 Å². The van der Waals surface area contributed by atoms with E-state index in [9.17, 15) is 8.78 Å². The van der Waals surface area contributed by atoms with Crippen molar-refractivity contribution in [1.29, 1.82) is 0 Å². The Hall–Kier alpha value is -0.930. The third kappa shape index (κ3) is 1.62. The lowest BCUT2D eigenvalue weighted by Gasteiger charge is -2.13.